The maximum atomic E-state index is 12.7. The molecular weight excluding hydrogens is 352 g/mol. The first-order valence-electron chi connectivity index (χ1n) is 10.2. The van der Waals surface area contributed by atoms with E-state index in [1.54, 1.807) is 0 Å². The zero-order chi connectivity index (χ0) is 17.6. The monoisotopic (exact) mass is 386 g/mol. The highest BCUT2D eigenvalue weighted by Crippen LogP contribution is 2.26. The number of nitrogens with zero attached hydrogens (tertiary/aromatic N) is 1. The topological polar surface area (TPSA) is 87.5 Å². The van der Waals surface area contributed by atoms with Gasteiger partial charge in [-0.15, -0.1) is 12.4 Å². The fourth-order valence-corrected chi connectivity index (χ4v) is 4.61. The summed E-state index contributed by atoms with van der Waals surface area (Å²) in [5.74, 6) is 0.392. The van der Waals surface area contributed by atoms with E-state index in [4.69, 9.17) is 5.73 Å². The molecule has 0 aromatic rings. The van der Waals surface area contributed by atoms with Gasteiger partial charge in [-0.25, -0.2) is 4.79 Å². The van der Waals surface area contributed by atoms with E-state index >= 15 is 0 Å². The van der Waals surface area contributed by atoms with Crippen molar-refractivity contribution in [2.24, 2.45) is 11.7 Å². The third kappa shape index (κ3) is 6.02. The number of halogens is 1. The number of likely N-dealkylation sites (tertiary alicyclic amines) is 1. The van der Waals surface area contributed by atoms with E-state index in [0.717, 1.165) is 64.5 Å². The van der Waals surface area contributed by atoms with Gasteiger partial charge in [0.1, 0.15) is 0 Å². The Morgan fingerprint density at radius 2 is 1.42 bits per heavy atom. The van der Waals surface area contributed by atoms with E-state index in [0.29, 0.717) is 6.04 Å². The van der Waals surface area contributed by atoms with Crippen molar-refractivity contribution >= 4 is 24.3 Å². The lowest BCUT2D eigenvalue weighted by molar-refractivity contribution is -0.137. The van der Waals surface area contributed by atoms with Crippen molar-refractivity contribution in [3.8, 4) is 0 Å². The van der Waals surface area contributed by atoms with Gasteiger partial charge in [-0.05, 0) is 44.9 Å². The van der Waals surface area contributed by atoms with Crippen LogP contribution in [0.25, 0.3) is 0 Å². The van der Waals surface area contributed by atoms with Gasteiger partial charge < -0.3 is 21.3 Å². The highest BCUT2D eigenvalue weighted by atomic mass is 35.5. The second-order valence-electron chi connectivity index (χ2n) is 8.18. The normalized spacial score (nSPS) is 28.1. The third-order valence-corrected chi connectivity index (χ3v) is 6.15. The van der Waals surface area contributed by atoms with Gasteiger partial charge in [-0.3, -0.25) is 4.79 Å². The van der Waals surface area contributed by atoms with Crippen molar-refractivity contribution in [2.75, 3.05) is 13.1 Å². The van der Waals surface area contributed by atoms with Gasteiger partial charge in [-0.1, -0.05) is 25.7 Å². The Labute approximate surface area is 163 Å². The summed E-state index contributed by atoms with van der Waals surface area (Å²) < 4.78 is 0. The third-order valence-electron chi connectivity index (χ3n) is 6.15. The second-order valence-corrected chi connectivity index (χ2v) is 8.18. The molecule has 3 rings (SSSR count). The van der Waals surface area contributed by atoms with E-state index in [2.05, 4.69) is 10.6 Å². The summed E-state index contributed by atoms with van der Waals surface area (Å²) in [7, 11) is 0. The van der Waals surface area contributed by atoms with Crippen LogP contribution < -0.4 is 16.4 Å². The minimum Gasteiger partial charge on any atom is -0.342 e. The molecule has 0 radical (unpaired) electrons. The van der Waals surface area contributed by atoms with Crippen LogP contribution in [0.4, 0.5) is 4.79 Å². The number of nitrogens with two attached hydrogens (primary N) is 1. The van der Waals surface area contributed by atoms with Crippen LogP contribution in [0.15, 0.2) is 0 Å². The molecule has 2 unspecified atom stereocenters. The van der Waals surface area contributed by atoms with Crippen molar-refractivity contribution in [1.29, 1.82) is 0 Å². The van der Waals surface area contributed by atoms with E-state index < -0.39 is 0 Å². The average Bonchev–Trinajstić information content (AvgIpc) is 2.62. The number of piperidine rings is 1. The van der Waals surface area contributed by atoms with Crippen molar-refractivity contribution in [3.05, 3.63) is 0 Å². The van der Waals surface area contributed by atoms with Gasteiger partial charge in [0.25, 0.3) is 0 Å². The van der Waals surface area contributed by atoms with Crippen LogP contribution >= 0.6 is 12.4 Å². The molecular formula is C19H35ClN4O2. The van der Waals surface area contributed by atoms with Gasteiger partial charge in [0.2, 0.25) is 5.91 Å². The SMILES string of the molecule is Cl.NC1CCCC(C(=O)N2CCC(NC(=O)NC3CCCCC3)CC2)C1. The molecule has 1 heterocycles. The molecule has 0 aromatic heterocycles. The summed E-state index contributed by atoms with van der Waals surface area (Å²) in [6, 6.07) is 0.674. The lowest BCUT2D eigenvalue weighted by Gasteiger charge is -2.36. The van der Waals surface area contributed by atoms with Crippen molar-refractivity contribution in [1.82, 2.24) is 15.5 Å². The van der Waals surface area contributed by atoms with Gasteiger partial charge in [0.05, 0.1) is 0 Å². The molecule has 26 heavy (non-hydrogen) atoms. The predicted molar refractivity (Wildman–Crippen MR) is 105 cm³/mol. The summed E-state index contributed by atoms with van der Waals surface area (Å²) in [5.41, 5.74) is 6.02. The van der Waals surface area contributed by atoms with Crippen molar-refractivity contribution in [2.45, 2.75) is 88.8 Å². The summed E-state index contributed by atoms with van der Waals surface area (Å²) >= 11 is 0. The van der Waals surface area contributed by atoms with Crippen LogP contribution in [0, 0.1) is 5.92 Å². The van der Waals surface area contributed by atoms with Gasteiger partial charge in [0, 0.05) is 37.1 Å². The second kappa shape index (κ2) is 10.4. The maximum Gasteiger partial charge on any atom is 0.315 e. The molecule has 2 atom stereocenters. The largest absolute Gasteiger partial charge is 0.342 e. The maximum absolute atomic E-state index is 12.7. The molecule has 2 aliphatic carbocycles. The summed E-state index contributed by atoms with van der Waals surface area (Å²) in [6.45, 7) is 1.50. The Hall–Kier alpha value is -1.01. The lowest BCUT2D eigenvalue weighted by Crippen LogP contribution is -2.52. The molecule has 7 heteroatoms. The minimum absolute atomic E-state index is 0. The number of urea groups is 1. The van der Waals surface area contributed by atoms with Crippen LogP contribution in [0.1, 0.15) is 70.6 Å². The number of hydrogen-bond donors (Lipinski definition) is 3. The number of rotatable bonds is 3. The number of amides is 3. The molecule has 0 bridgehead atoms. The van der Waals surface area contributed by atoms with Gasteiger partial charge in [0.15, 0.2) is 0 Å². The Morgan fingerprint density at radius 3 is 2.04 bits per heavy atom. The summed E-state index contributed by atoms with van der Waals surface area (Å²) in [4.78, 5) is 26.8. The predicted octanol–water partition coefficient (Wildman–Crippen LogP) is 2.55. The zero-order valence-corrected chi connectivity index (χ0v) is 16.6. The fraction of sp³-hybridized carbons (Fsp3) is 0.895. The quantitative estimate of drug-likeness (QED) is 0.696. The molecule has 0 aromatic carbocycles. The van der Waals surface area contributed by atoms with E-state index in [1.807, 2.05) is 4.90 Å². The Morgan fingerprint density at radius 1 is 0.808 bits per heavy atom. The number of nitrogens with one attached hydrogen (secondary N) is 2. The van der Waals surface area contributed by atoms with Crippen molar-refractivity contribution < 1.29 is 9.59 Å². The minimum atomic E-state index is -0.0325. The molecule has 3 aliphatic rings. The first-order valence-corrected chi connectivity index (χ1v) is 10.2. The van der Waals surface area contributed by atoms with Crippen LogP contribution in [0.2, 0.25) is 0 Å². The molecule has 0 spiro atoms. The van der Waals surface area contributed by atoms with E-state index in [1.165, 1.54) is 19.3 Å². The standard InChI is InChI=1S/C19H34N4O2.ClH/c20-15-6-4-5-14(13-15)18(24)23-11-9-17(10-12-23)22-19(25)21-16-7-2-1-3-8-16;/h14-17H,1-13,20H2,(H2,21,22,25);1H. The average molecular weight is 387 g/mol. The van der Waals surface area contributed by atoms with Crippen LogP contribution in [-0.4, -0.2) is 48.1 Å². The number of carbonyl (C=O) groups is 2. The first kappa shape index (κ1) is 21.3. The molecule has 2 saturated carbocycles. The van der Waals surface area contributed by atoms with E-state index in [9.17, 15) is 9.59 Å². The molecule has 3 fully saturated rings. The smallest absolute Gasteiger partial charge is 0.315 e. The molecule has 1 saturated heterocycles. The number of carbonyl (C=O) groups excluding carboxylic acids is 2. The molecule has 4 N–H and O–H groups in total. The van der Waals surface area contributed by atoms with E-state index in [-0.39, 0.29) is 42.3 Å². The fourth-order valence-electron chi connectivity index (χ4n) is 4.61. The first-order chi connectivity index (χ1) is 12.1. The van der Waals surface area contributed by atoms with Crippen molar-refractivity contribution in [3.63, 3.8) is 0 Å². The highest BCUT2D eigenvalue weighted by Gasteiger charge is 2.31. The molecule has 150 valence electrons. The summed E-state index contributed by atoms with van der Waals surface area (Å²) in [5, 5.41) is 6.22. The highest BCUT2D eigenvalue weighted by molar-refractivity contribution is 5.85. The lowest BCUT2D eigenvalue weighted by atomic mass is 9.85. The Bertz CT molecular complexity index is 462. The zero-order valence-electron chi connectivity index (χ0n) is 15.8. The Balaban J connectivity index is 0.00000243. The van der Waals surface area contributed by atoms with Gasteiger partial charge >= 0.3 is 6.03 Å². The molecule has 6 nitrogen and oxygen atoms in total. The summed E-state index contributed by atoms with van der Waals surface area (Å²) in [6.07, 6.45) is 11.6. The molecule has 1 aliphatic heterocycles. The van der Waals surface area contributed by atoms with Crippen LogP contribution in [0.5, 0.6) is 0 Å². The van der Waals surface area contributed by atoms with Gasteiger partial charge in [-0.2, -0.15) is 0 Å². The number of hydrogen-bond acceptors (Lipinski definition) is 3. The van der Waals surface area contributed by atoms with Crippen LogP contribution in [-0.2, 0) is 4.79 Å². The Kier molecular flexibility index (Phi) is 8.48. The van der Waals surface area contributed by atoms with Crippen LogP contribution in [0.3, 0.4) is 0 Å². The molecule has 3 amide bonds.